The minimum atomic E-state index is 0.505. The van der Waals surface area contributed by atoms with Gasteiger partial charge in [-0.2, -0.15) is 0 Å². The third-order valence-corrected chi connectivity index (χ3v) is 6.24. The average molecular weight is 406 g/mol. The van der Waals surface area contributed by atoms with Gasteiger partial charge in [-0.05, 0) is 61.5 Å². The number of fused-ring (bicyclic) bond motifs is 1. The van der Waals surface area contributed by atoms with E-state index in [0.29, 0.717) is 12.0 Å². The van der Waals surface area contributed by atoms with Gasteiger partial charge in [-0.15, -0.1) is 0 Å². The lowest BCUT2D eigenvalue weighted by atomic mass is 9.99. The highest BCUT2D eigenvalue weighted by Crippen LogP contribution is 2.20. The summed E-state index contributed by atoms with van der Waals surface area (Å²) in [6.45, 7) is 13.0. The second-order valence-corrected chi connectivity index (χ2v) is 8.82. The highest BCUT2D eigenvalue weighted by molar-refractivity contribution is 5.64. The van der Waals surface area contributed by atoms with Gasteiger partial charge in [0.25, 0.3) is 0 Å². The molecule has 4 rings (SSSR count). The van der Waals surface area contributed by atoms with E-state index in [2.05, 4.69) is 69.7 Å². The summed E-state index contributed by atoms with van der Waals surface area (Å²) in [5, 5.41) is 10.5. The molecular weight excluding hydrogens is 370 g/mol. The molecule has 0 saturated carbocycles. The third kappa shape index (κ3) is 5.61. The molecule has 2 aromatic rings. The lowest BCUT2D eigenvalue weighted by molar-refractivity contribution is 0.220. The van der Waals surface area contributed by atoms with Crippen LogP contribution in [0.2, 0.25) is 0 Å². The van der Waals surface area contributed by atoms with Crippen LogP contribution in [0.5, 0.6) is 0 Å². The summed E-state index contributed by atoms with van der Waals surface area (Å²) >= 11 is 0. The normalized spacial score (nSPS) is 18.4. The van der Waals surface area contributed by atoms with E-state index in [1.165, 1.54) is 11.1 Å². The molecule has 5 nitrogen and oxygen atoms in total. The molecule has 0 bridgehead atoms. The van der Waals surface area contributed by atoms with Gasteiger partial charge in [-0.3, -0.25) is 4.90 Å². The Bertz CT molecular complexity index is 843. The smallest absolute Gasteiger partial charge is 0.126 e. The molecule has 3 heterocycles. The minimum Gasteiger partial charge on any atom is -0.385 e. The molecule has 3 N–H and O–H groups in total. The van der Waals surface area contributed by atoms with Crippen LogP contribution in [0.15, 0.2) is 49.2 Å². The zero-order valence-corrected chi connectivity index (χ0v) is 18.2. The van der Waals surface area contributed by atoms with Crippen LogP contribution in [-0.4, -0.2) is 48.6 Å². The highest BCUT2D eigenvalue weighted by Gasteiger charge is 2.18. The Morgan fingerprint density at radius 2 is 2.03 bits per heavy atom. The summed E-state index contributed by atoms with van der Waals surface area (Å²) < 4.78 is 0. The molecule has 30 heavy (non-hydrogen) atoms. The van der Waals surface area contributed by atoms with Gasteiger partial charge in [0.1, 0.15) is 5.82 Å². The van der Waals surface area contributed by atoms with Crippen molar-refractivity contribution < 1.29 is 0 Å². The van der Waals surface area contributed by atoms with Crippen molar-refractivity contribution >= 4 is 11.5 Å². The Morgan fingerprint density at radius 1 is 1.23 bits per heavy atom. The second-order valence-electron chi connectivity index (χ2n) is 8.82. The van der Waals surface area contributed by atoms with Crippen LogP contribution in [0, 0.1) is 5.92 Å². The fourth-order valence-corrected chi connectivity index (χ4v) is 4.49. The number of hydrogen-bond donors (Lipinski definition) is 3. The van der Waals surface area contributed by atoms with E-state index in [1.54, 1.807) is 0 Å². The van der Waals surface area contributed by atoms with Crippen molar-refractivity contribution in [1.29, 1.82) is 0 Å². The molecule has 0 radical (unpaired) electrons. The highest BCUT2D eigenvalue weighted by atomic mass is 15.1. The number of anilines is 1. The van der Waals surface area contributed by atoms with Gasteiger partial charge in [0.15, 0.2) is 0 Å². The van der Waals surface area contributed by atoms with Gasteiger partial charge in [0.2, 0.25) is 0 Å². The van der Waals surface area contributed by atoms with E-state index in [9.17, 15) is 0 Å². The van der Waals surface area contributed by atoms with Crippen LogP contribution in [0.25, 0.3) is 5.70 Å². The fourth-order valence-electron chi connectivity index (χ4n) is 4.49. The Labute approximate surface area is 181 Å². The Balaban J connectivity index is 1.24. The molecule has 0 amide bonds. The summed E-state index contributed by atoms with van der Waals surface area (Å²) in [7, 11) is 0. The fraction of sp³-hybridized carbons (Fsp3) is 0.480. The molecule has 160 valence electrons. The monoisotopic (exact) mass is 405 g/mol. The van der Waals surface area contributed by atoms with Crippen LogP contribution in [0.3, 0.4) is 0 Å². The summed E-state index contributed by atoms with van der Waals surface area (Å²) in [5.74, 6) is 1.50. The quantitative estimate of drug-likeness (QED) is 0.628. The molecular formula is C25H35N5. The Kier molecular flexibility index (Phi) is 7.03. The average Bonchev–Trinajstić information content (AvgIpc) is 2.78. The lowest BCUT2D eigenvalue weighted by Gasteiger charge is -2.31. The van der Waals surface area contributed by atoms with Gasteiger partial charge in [0, 0.05) is 49.7 Å². The minimum absolute atomic E-state index is 0.505. The van der Waals surface area contributed by atoms with Crippen molar-refractivity contribution in [3.63, 3.8) is 0 Å². The van der Waals surface area contributed by atoms with E-state index < -0.39 is 0 Å². The summed E-state index contributed by atoms with van der Waals surface area (Å²) in [4.78, 5) is 7.07. The van der Waals surface area contributed by atoms with Crippen LogP contribution in [0.1, 0.15) is 36.5 Å². The largest absolute Gasteiger partial charge is 0.385 e. The van der Waals surface area contributed by atoms with E-state index in [4.69, 9.17) is 0 Å². The van der Waals surface area contributed by atoms with Crippen LogP contribution >= 0.6 is 0 Å². The lowest BCUT2D eigenvalue weighted by Crippen LogP contribution is -2.36. The molecule has 1 aromatic carbocycles. The number of nitrogens with zero attached hydrogens (tertiary/aromatic N) is 2. The number of pyridine rings is 1. The van der Waals surface area contributed by atoms with Crippen molar-refractivity contribution in [2.24, 2.45) is 5.92 Å². The van der Waals surface area contributed by atoms with E-state index in [1.807, 2.05) is 12.3 Å². The first-order valence-corrected chi connectivity index (χ1v) is 11.3. The molecule has 1 aromatic heterocycles. The van der Waals surface area contributed by atoms with Crippen molar-refractivity contribution in [2.75, 3.05) is 38.0 Å². The predicted octanol–water partition coefficient (Wildman–Crippen LogP) is 3.50. The van der Waals surface area contributed by atoms with E-state index in [-0.39, 0.29) is 0 Å². The first-order valence-electron chi connectivity index (χ1n) is 11.3. The number of nitrogens with one attached hydrogen (secondary N) is 3. The van der Waals surface area contributed by atoms with E-state index >= 15 is 0 Å². The molecule has 0 spiro atoms. The second kappa shape index (κ2) is 10.1. The van der Waals surface area contributed by atoms with Gasteiger partial charge in [0.05, 0.1) is 0 Å². The maximum Gasteiger partial charge on any atom is 0.126 e. The first-order chi connectivity index (χ1) is 14.7. The van der Waals surface area contributed by atoms with Crippen molar-refractivity contribution in [1.82, 2.24) is 20.5 Å². The summed E-state index contributed by atoms with van der Waals surface area (Å²) in [5.41, 5.74) is 5.08. The molecule has 2 aliphatic rings. The number of piperidine rings is 1. The van der Waals surface area contributed by atoms with Gasteiger partial charge < -0.3 is 16.0 Å². The Morgan fingerprint density at radius 3 is 2.87 bits per heavy atom. The zero-order chi connectivity index (χ0) is 20.8. The topological polar surface area (TPSA) is 52.2 Å². The molecule has 1 unspecified atom stereocenters. The standard InChI is InChI=1S/C25H35N5/c1-19(17-30-14-10-21-5-3-4-6-23(21)18-30)16-28-20(2)22-7-13-27-25(15-22)29-24-8-11-26-12-9-24/h3-7,13,15,19,24,26,28H,2,8-12,14,16-18H2,1H3,(H,27,29). The van der Waals surface area contributed by atoms with Crippen LogP contribution in [-0.2, 0) is 13.0 Å². The van der Waals surface area contributed by atoms with Crippen molar-refractivity contribution in [3.05, 3.63) is 65.9 Å². The van der Waals surface area contributed by atoms with Gasteiger partial charge in [-0.1, -0.05) is 37.8 Å². The molecule has 5 heteroatoms. The number of benzene rings is 1. The molecule has 1 atom stereocenters. The van der Waals surface area contributed by atoms with Crippen molar-refractivity contribution in [3.8, 4) is 0 Å². The SMILES string of the molecule is C=C(NCC(C)CN1CCc2ccccc2C1)c1ccnc(NC2CCNCC2)c1. The summed E-state index contributed by atoms with van der Waals surface area (Å²) in [6.07, 6.45) is 5.32. The Hall–Kier alpha value is -2.37. The number of rotatable bonds is 8. The zero-order valence-electron chi connectivity index (χ0n) is 18.2. The number of aromatic nitrogens is 1. The van der Waals surface area contributed by atoms with Gasteiger partial charge in [-0.25, -0.2) is 4.98 Å². The molecule has 0 aliphatic carbocycles. The van der Waals surface area contributed by atoms with E-state index in [0.717, 1.165) is 75.6 Å². The number of hydrogen-bond acceptors (Lipinski definition) is 5. The maximum atomic E-state index is 4.50. The predicted molar refractivity (Wildman–Crippen MR) is 125 cm³/mol. The molecule has 2 aliphatic heterocycles. The first kappa shape index (κ1) is 20.9. The third-order valence-electron chi connectivity index (χ3n) is 6.24. The maximum absolute atomic E-state index is 4.50. The van der Waals surface area contributed by atoms with Crippen LogP contribution in [0.4, 0.5) is 5.82 Å². The van der Waals surface area contributed by atoms with Crippen molar-refractivity contribution in [2.45, 2.75) is 38.8 Å². The summed E-state index contributed by atoms with van der Waals surface area (Å²) in [6, 6.07) is 13.5. The van der Waals surface area contributed by atoms with Crippen LogP contribution < -0.4 is 16.0 Å². The molecule has 1 saturated heterocycles. The molecule has 1 fully saturated rings. The van der Waals surface area contributed by atoms with Gasteiger partial charge >= 0.3 is 0 Å².